The number of hydrogen-bond acceptors (Lipinski definition) is 2. The van der Waals surface area contributed by atoms with E-state index in [1.165, 1.54) is 0 Å². The van der Waals surface area contributed by atoms with Gasteiger partial charge in [0.05, 0.1) is 5.69 Å². The first-order chi connectivity index (χ1) is 9.20. The van der Waals surface area contributed by atoms with Crippen LogP contribution in [0.15, 0.2) is 18.2 Å². The van der Waals surface area contributed by atoms with Crippen molar-refractivity contribution in [1.82, 2.24) is 9.97 Å². The first-order valence-corrected chi connectivity index (χ1v) is 5.06. The molecule has 20 heavy (non-hydrogen) atoms. The Labute approximate surface area is 107 Å². The van der Waals surface area contributed by atoms with Crippen LogP contribution in [0.25, 0.3) is 11.3 Å². The van der Waals surface area contributed by atoms with E-state index in [4.69, 9.17) is 5.11 Å². The minimum atomic E-state index is -4.89. The number of aromatic amines is 1. The van der Waals surface area contributed by atoms with Crippen LogP contribution in [0.2, 0.25) is 0 Å². The molecule has 0 aliphatic heterocycles. The first kappa shape index (κ1) is 14.0. The molecule has 0 spiro atoms. The molecule has 0 aliphatic carbocycles. The summed E-state index contributed by atoms with van der Waals surface area (Å²) in [5.41, 5.74) is -1.74. The molecule has 0 radical (unpaired) electrons. The zero-order chi connectivity index (χ0) is 15.1. The summed E-state index contributed by atoms with van der Waals surface area (Å²) in [6.45, 7) is 0. The SMILES string of the molecule is O=C(O)c1nc(C(F)(F)F)[nH]c1-c1ccc(F)c(F)c1. The van der Waals surface area contributed by atoms with Crippen LogP contribution >= 0.6 is 0 Å². The Kier molecular flexibility index (Phi) is 3.20. The molecule has 0 unspecified atom stereocenters. The van der Waals surface area contributed by atoms with Crippen molar-refractivity contribution in [1.29, 1.82) is 0 Å². The van der Waals surface area contributed by atoms with Crippen molar-refractivity contribution in [2.45, 2.75) is 6.18 Å². The minimum absolute atomic E-state index is 0.260. The molecular weight excluding hydrogens is 287 g/mol. The number of hydrogen-bond donors (Lipinski definition) is 2. The number of imidazole rings is 1. The lowest BCUT2D eigenvalue weighted by Crippen LogP contribution is -2.08. The smallest absolute Gasteiger partial charge is 0.449 e. The number of carboxylic acids is 1. The average Bonchev–Trinajstić information content (AvgIpc) is 2.77. The van der Waals surface area contributed by atoms with Gasteiger partial charge in [0.15, 0.2) is 17.3 Å². The zero-order valence-electron chi connectivity index (χ0n) is 9.42. The van der Waals surface area contributed by atoms with E-state index in [1.807, 2.05) is 0 Å². The quantitative estimate of drug-likeness (QED) is 0.836. The fourth-order valence-electron chi connectivity index (χ4n) is 1.52. The van der Waals surface area contributed by atoms with Gasteiger partial charge >= 0.3 is 12.1 Å². The second-order valence-corrected chi connectivity index (χ2v) is 3.74. The number of rotatable bonds is 2. The standard InChI is InChI=1S/C11H5F5N2O2/c12-5-2-1-4(3-6(5)13)7-8(9(19)20)18-10(17-7)11(14,15)16/h1-3H,(H,17,18)(H,19,20). The van der Waals surface area contributed by atoms with E-state index in [0.29, 0.717) is 12.1 Å². The number of aromatic nitrogens is 2. The third-order valence-corrected chi connectivity index (χ3v) is 2.38. The van der Waals surface area contributed by atoms with Gasteiger partial charge in [0.2, 0.25) is 5.82 Å². The largest absolute Gasteiger partial charge is 0.476 e. The van der Waals surface area contributed by atoms with Gasteiger partial charge in [0, 0.05) is 5.56 Å². The Morgan fingerprint density at radius 2 is 1.85 bits per heavy atom. The van der Waals surface area contributed by atoms with Crippen molar-refractivity contribution in [3.05, 3.63) is 41.4 Å². The molecule has 2 rings (SSSR count). The highest BCUT2D eigenvalue weighted by Crippen LogP contribution is 2.31. The maximum Gasteiger partial charge on any atom is 0.449 e. The predicted octanol–water partition coefficient (Wildman–Crippen LogP) is 3.07. The average molecular weight is 292 g/mol. The molecular formula is C11H5F5N2O2. The maximum absolute atomic E-state index is 13.1. The Hall–Kier alpha value is -2.45. The molecule has 0 bridgehead atoms. The van der Waals surface area contributed by atoms with Gasteiger partial charge in [-0.15, -0.1) is 0 Å². The Balaban J connectivity index is 2.63. The normalized spacial score (nSPS) is 11.7. The van der Waals surface area contributed by atoms with E-state index >= 15 is 0 Å². The number of benzene rings is 1. The molecule has 9 heteroatoms. The highest BCUT2D eigenvalue weighted by molar-refractivity contribution is 5.93. The second kappa shape index (κ2) is 4.58. The lowest BCUT2D eigenvalue weighted by atomic mass is 10.1. The van der Waals surface area contributed by atoms with Crippen molar-refractivity contribution in [2.24, 2.45) is 0 Å². The van der Waals surface area contributed by atoms with Crippen LogP contribution in [-0.4, -0.2) is 21.0 Å². The summed E-state index contributed by atoms with van der Waals surface area (Å²) in [7, 11) is 0. The third kappa shape index (κ3) is 2.46. The van der Waals surface area contributed by atoms with Crippen LogP contribution in [0.5, 0.6) is 0 Å². The lowest BCUT2D eigenvalue weighted by molar-refractivity contribution is -0.144. The van der Waals surface area contributed by atoms with Crippen LogP contribution in [-0.2, 0) is 6.18 Å². The number of halogens is 5. The molecule has 0 saturated heterocycles. The highest BCUT2D eigenvalue weighted by Gasteiger charge is 2.37. The summed E-state index contributed by atoms with van der Waals surface area (Å²) in [4.78, 5) is 15.5. The lowest BCUT2D eigenvalue weighted by Gasteiger charge is -2.02. The molecule has 0 fully saturated rings. The number of nitrogens with zero attached hydrogens (tertiary/aromatic N) is 1. The molecule has 0 amide bonds. The maximum atomic E-state index is 13.1. The molecule has 0 saturated carbocycles. The highest BCUT2D eigenvalue weighted by atomic mass is 19.4. The summed E-state index contributed by atoms with van der Waals surface area (Å²) < 4.78 is 63.3. The van der Waals surface area contributed by atoms with Crippen molar-refractivity contribution in [3.8, 4) is 11.3 Å². The summed E-state index contributed by atoms with van der Waals surface area (Å²) in [6.07, 6.45) is -4.89. The van der Waals surface area contributed by atoms with Gasteiger partial charge in [-0.1, -0.05) is 0 Å². The van der Waals surface area contributed by atoms with Gasteiger partial charge in [-0.3, -0.25) is 0 Å². The molecule has 2 aromatic rings. The fraction of sp³-hybridized carbons (Fsp3) is 0.0909. The Bertz CT molecular complexity index is 678. The van der Waals surface area contributed by atoms with Gasteiger partial charge in [0.25, 0.3) is 0 Å². The molecule has 1 heterocycles. The minimum Gasteiger partial charge on any atom is -0.476 e. The third-order valence-electron chi connectivity index (χ3n) is 2.38. The van der Waals surface area contributed by atoms with Crippen molar-refractivity contribution >= 4 is 5.97 Å². The summed E-state index contributed by atoms with van der Waals surface area (Å²) >= 11 is 0. The van der Waals surface area contributed by atoms with Crippen LogP contribution in [0.4, 0.5) is 22.0 Å². The Morgan fingerprint density at radius 3 is 2.35 bits per heavy atom. The van der Waals surface area contributed by atoms with E-state index in [-0.39, 0.29) is 5.56 Å². The van der Waals surface area contributed by atoms with Crippen LogP contribution in [0.3, 0.4) is 0 Å². The monoisotopic (exact) mass is 292 g/mol. The summed E-state index contributed by atoms with van der Waals surface area (Å²) in [5.74, 6) is -5.78. The van der Waals surface area contributed by atoms with E-state index in [0.717, 1.165) is 6.07 Å². The molecule has 1 aromatic heterocycles. The molecule has 0 aliphatic rings. The van der Waals surface area contributed by atoms with Crippen LogP contribution < -0.4 is 0 Å². The van der Waals surface area contributed by atoms with Crippen molar-refractivity contribution < 1.29 is 31.9 Å². The summed E-state index contributed by atoms with van der Waals surface area (Å²) in [5, 5.41) is 8.81. The number of carboxylic acid groups (broad SMARTS) is 1. The van der Waals surface area contributed by atoms with Gasteiger partial charge in [-0.25, -0.2) is 18.6 Å². The van der Waals surface area contributed by atoms with Gasteiger partial charge in [-0.2, -0.15) is 13.2 Å². The number of alkyl halides is 3. The molecule has 4 nitrogen and oxygen atoms in total. The molecule has 0 atom stereocenters. The van der Waals surface area contributed by atoms with E-state index in [1.54, 1.807) is 4.98 Å². The van der Waals surface area contributed by atoms with Gasteiger partial charge in [-0.05, 0) is 18.2 Å². The zero-order valence-corrected chi connectivity index (χ0v) is 9.42. The number of carbonyl (C=O) groups is 1. The fourth-order valence-corrected chi connectivity index (χ4v) is 1.52. The second-order valence-electron chi connectivity index (χ2n) is 3.74. The number of aromatic carboxylic acids is 1. The molecule has 106 valence electrons. The van der Waals surface area contributed by atoms with Crippen molar-refractivity contribution in [3.63, 3.8) is 0 Å². The Morgan fingerprint density at radius 1 is 1.20 bits per heavy atom. The molecule has 2 N–H and O–H groups in total. The number of H-pyrrole nitrogens is 1. The number of nitrogens with one attached hydrogen (secondary N) is 1. The van der Waals surface area contributed by atoms with E-state index in [9.17, 15) is 26.7 Å². The van der Waals surface area contributed by atoms with Crippen molar-refractivity contribution in [2.75, 3.05) is 0 Å². The topological polar surface area (TPSA) is 66.0 Å². The van der Waals surface area contributed by atoms with Crippen LogP contribution in [0, 0.1) is 11.6 Å². The predicted molar refractivity (Wildman–Crippen MR) is 55.9 cm³/mol. The van der Waals surface area contributed by atoms with Gasteiger partial charge < -0.3 is 10.1 Å². The molecule has 1 aromatic carbocycles. The van der Waals surface area contributed by atoms with Crippen LogP contribution in [0.1, 0.15) is 16.3 Å². The first-order valence-electron chi connectivity index (χ1n) is 5.06. The van der Waals surface area contributed by atoms with E-state index < -0.39 is 41.0 Å². The van der Waals surface area contributed by atoms with Gasteiger partial charge in [0.1, 0.15) is 0 Å². The summed E-state index contributed by atoms with van der Waals surface area (Å²) in [6, 6.07) is 2.19. The van der Waals surface area contributed by atoms with E-state index in [2.05, 4.69) is 4.98 Å².